The van der Waals surface area contributed by atoms with Crippen LogP contribution < -0.4 is 5.73 Å². The number of amides is 2. The van der Waals surface area contributed by atoms with E-state index in [0.29, 0.717) is 5.06 Å². The largest absolute Gasteiger partial charge is 0.350 e. The van der Waals surface area contributed by atoms with Crippen LogP contribution in [-0.2, 0) is 0 Å². The smallest absolute Gasteiger partial charge is 0.339 e. The van der Waals surface area contributed by atoms with E-state index in [4.69, 9.17) is 5.73 Å². The van der Waals surface area contributed by atoms with Gasteiger partial charge < -0.3 is 5.73 Å². The minimum atomic E-state index is -0.939. The van der Waals surface area contributed by atoms with Crippen molar-refractivity contribution >= 4 is 16.9 Å². The lowest BCUT2D eigenvalue weighted by molar-refractivity contribution is -0.0269. The Morgan fingerprint density at radius 3 is 2.80 bits per heavy atom. The zero-order chi connectivity index (χ0) is 18.0. The number of nitrogens with two attached hydrogens (primary N) is 1. The first-order valence-corrected chi connectivity index (χ1v) is 7.76. The van der Waals surface area contributed by atoms with E-state index in [-0.39, 0.29) is 6.54 Å². The van der Waals surface area contributed by atoms with Gasteiger partial charge in [0, 0.05) is 29.4 Å². The Hall–Kier alpha value is -3.30. The van der Waals surface area contributed by atoms with Gasteiger partial charge in [-0.1, -0.05) is 18.1 Å². The molecule has 0 aliphatic heterocycles. The summed E-state index contributed by atoms with van der Waals surface area (Å²) >= 11 is 0. The van der Waals surface area contributed by atoms with Gasteiger partial charge in [-0.25, -0.2) is 4.79 Å². The Kier molecular flexibility index (Phi) is 4.42. The minimum absolute atomic E-state index is 0.174. The third-order valence-electron chi connectivity index (χ3n) is 4.05. The Balaban J connectivity index is 2.21. The van der Waals surface area contributed by atoms with Crippen molar-refractivity contribution in [2.75, 3.05) is 6.54 Å². The molecular formula is C19H18N4O2. The number of urea groups is 1. The number of hydroxylamine groups is 2. The molecule has 25 heavy (non-hydrogen) atoms. The maximum atomic E-state index is 10.9. The molecule has 0 unspecified atom stereocenters. The van der Waals surface area contributed by atoms with Crippen LogP contribution in [0.1, 0.15) is 11.1 Å². The SMILES string of the molecule is Cc1cccc2c1c(C)c(-c1cccnc1)n2C#CCN(O)C(N)=O. The summed E-state index contributed by atoms with van der Waals surface area (Å²) in [4.78, 5) is 15.1. The average Bonchev–Trinajstić information content (AvgIpc) is 2.89. The van der Waals surface area contributed by atoms with Crippen LogP contribution in [0.15, 0.2) is 42.7 Å². The molecule has 0 radical (unpaired) electrons. The highest BCUT2D eigenvalue weighted by molar-refractivity contribution is 5.94. The molecule has 3 N–H and O–H groups in total. The lowest BCUT2D eigenvalue weighted by atomic mass is 10.0. The van der Waals surface area contributed by atoms with Crippen LogP contribution in [0.4, 0.5) is 4.79 Å². The molecule has 1 aromatic carbocycles. The highest BCUT2D eigenvalue weighted by Gasteiger charge is 2.16. The third kappa shape index (κ3) is 3.05. The maximum Gasteiger partial charge on any atom is 0.339 e. The molecule has 3 rings (SSSR count). The summed E-state index contributed by atoms with van der Waals surface area (Å²) in [6, 6.07) is 12.0. The highest BCUT2D eigenvalue weighted by atomic mass is 16.5. The van der Waals surface area contributed by atoms with E-state index < -0.39 is 6.03 Å². The van der Waals surface area contributed by atoms with Gasteiger partial charge in [-0.15, -0.1) is 0 Å². The summed E-state index contributed by atoms with van der Waals surface area (Å²) in [7, 11) is 0. The molecule has 6 nitrogen and oxygen atoms in total. The Morgan fingerprint density at radius 2 is 2.12 bits per heavy atom. The number of fused-ring (bicyclic) bond motifs is 1. The van der Waals surface area contributed by atoms with Crippen LogP contribution in [-0.4, -0.2) is 32.4 Å². The average molecular weight is 334 g/mol. The second kappa shape index (κ2) is 6.67. The molecule has 2 aromatic heterocycles. The lowest BCUT2D eigenvalue weighted by Crippen LogP contribution is -2.32. The first-order valence-electron chi connectivity index (χ1n) is 7.76. The van der Waals surface area contributed by atoms with Crippen molar-refractivity contribution in [3.63, 3.8) is 0 Å². The highest BCUT2D eigenvalue weighted by Crippen LogP contribution is 2.34. The summed E-state index contributed by atoms with van der Waals surface area (Å²) < 4.78 is 1.86. The van der Waals surface area contributed by atoms with E-state index in [9.17, 15) is 10.0 Å². The van der Waals surface area contributed by atoms with Crippen molar-refractivity contribution < 1.29 is 10.0 Å². The number of hydrogen-bond acceptors (Lipinski definition) is 3. The quantitative estimate of drug-likeness (QED) is 0.429. The monoisotopic (exact) mass is 334 g/mol. The van der Waals surface area contributed by atoms with E-state index in [1.165, 1.54) is 0 Å². The summed E-state index contributed by atoms with van der Waals surface area (Å²) in [5.41, 5.74) is 10.1. The number of aromatic nitrogens is 2. The zero-order valence-corrected chi connectivity index (χ0v) is 14.0. The second-order valence-electron chi connectivity index (χ2n) is 5.70. The molecule has 0 spiro atoms. The Morgan fingerprint density at radius 1 is 1.32 bits per heavy atom. The van der Waals surface area contributed by atoms with E-state index >= 15 is 0 Å². The summed E-state index contributed by atoms with van der Waals surface area (Å²) in [5.74, 6) is 2.79. The number of rotatable bonds is 2. The van der Waals surface area contributed by atoms with Crippen LogP contribution in [0.2, 0.25) is 0 Å². The van der Waals surface area contributed by atoms with E-state index in [1.54, 1.807) is 12.4 Å². The standard InChI is InChI=1S/C19H18N4O2/c1-13-6-3-8-16-17(13)14(2)18(15-7-4-9-21-12-15)22(16)10-5-11-23(25)19(20)24/h3-4,6-9,12,25H,11H2,1-2H3,(H2,20,24). The molecule has 2 amide bonds. The van der Waals surface area contributed by atoms with E-state index in [2.05, 4.69) is 36.9 Å². The normalized spacial score (nSPS) is 10.4. The third-order valence-corrected chi connectivity index (χ3v) is 4.05. The fraction of sp³-hybridized carbons (Fsp3) is 0.158. The number of carbonyl (C=O) groups excluding carboxylic acids is 1. The number of carbonyl (C=O) groups is 1. The van der Waals surface area contributed by atoms with Gasteiger partial charge in [0.2, 0.25) is 0 Å². The maximum absolute atomic E-state index is 10.9. The first-order chi connectivity index (χ1) is 12.0. The molecule has 3 aromatic rings. The van der Waals surface area contributed by atoms with Crippen molar-refractivity contribution in [2.45, 2.75) is 13.8 Å². The Bertz CT molecular complexity index is 997. The second-order valence-corrected chi connectivity index (χ2v) is 5.70. The zero-order valence-electron chi connectivity index (χ0n) is 14.0. The summed E-state index contributed by atoms with van der Waals surface area (Å²) in [5, 5.41) is 10.9. The molecule has 0 aliphatic rings. The number of hydrogen-bond donors (Lipinski definition) is 2. The Labute approximate surface area is 145 Å². The summed E-state index contributed by atoms with van der Waals surface area (Å²) in [6.45, 7) is 3.94. The van der Waals surface area contributed by atoms with Crippen LogP contribution in [0, 0.1) is 25.8 Å². The van der Waals surface area contributed by atoms with Gasteiger partial charge in [-0.3, -0.25) is 14.8 Å². The fourth-order valence-corrected chi connectivity index (χ4v) is 2.96. The van der Waals surface area contributed by atoms with Gasteiger partial charge >= 0.3 is 6.03 Å². The number of pyridine rings is 1. The van der Waals surface area contributed by atoms with Crippen LogP contribution in [0.3, 0.4) is 0 Å². The van der Waals surface area contributed by atoms with E-state index in [1.807, 2.05) is 28.8 Å². The van der Waals surface area contributed by atoms with Gasteiger partial charge in [-0.05, 0) is 43.2 Å². The molecule has 6 heteroatoms. The molecule has 0 bridgehead atoms. The van der Waals surface area contributed by atoms with Gasteiger partial charge in [0.1, 0.15) is 6.54 Å². The topological polar surface area (TPSA) is 84.4 Å². The predicted octanol–water partition coefficient (Wildman–Crippen LogP) is 2.90. The van der Waals surface area contributed by atoms with Crippen molar-refractivity contribution in [1.82, 2.24) is 14.6 Å². The van der Waals surface area contributed by atoms with Crippen molar-refractivity contribution in [3.05, 3.63) is 53.9 Å². The van der Waals surface area contributed by atoms with Crippen LogP contribution >= 0.6 is 0 Å². The molecule has 0 saturated heterocycles. The number of benzene rings is 1. The van der Waals surface area contributed by atoms with Crippen molar-refractivity contribution in [3.8, 4) is 23.2 Å². The van der Waals surface area contributed by atoms with Gasteiger partial charge in [-0.2, -0.15) is 5.06 Å². The van der Waals surface area contributed by atoms with Crippen LogP contribution in [0.25, 0.3) is 22.2 Å². The lowest BCUT2D eigenvalue weighted by Gasteiger charge is -2.07. The molecule has 126 valence electrons. The molecular weight excluding hydrogens is 316 g/mol. The molecule has 0 fully saturated rings. The number of primary amides is 1. The summed E-state index contributed by atoms with van der Waals surface area (Å²) in [6.07, 6.45) is 3.51. The van der Waals surface area contributed by atoms with Crippen molar-refractivity contribution in [1.29, 1.82) is 0 Å². The predicted molar refractivity (Wildman–Crippen MR) is 95.9 cm³/mol. The molecule has 0 aliphatic carbocycles. The van der Waals surface area contributed by atoms with Gasteiger partial charge in [0.05, 0.1) is 11.2 Å². The number of nitrogens with zero attached hydrogens (tertiary/aromatic N) is 3. The first kappa shape index (κ1) is 16.6. The fourth-order valence-electron chi connectivity index (χ4n) is 2.96. The number of aryl methyl sites for hydroxylation is 2. The minimum Gasteiger partial charge on any atom is -0.350 e. The van der Waals surface area contributed by atoms with Crippen LogP contribution in [0.5, 0.6) is 0 Å². The van der Waals surface area contributed by atoms with Gasteiger partial charge in [0.15, 0.2) is 0 Å². The van der Waals surface area contributed by atoms with Gasteiger partial charge in [0.25, 0.3) is 0 Å². The van der Waals surface area contributed by atoms with E-state index in [0.717, 1.165) is 33.3 Å². The molecule has 0 saturated carbocycles. The molecule has 0 atom stereocenters. The molecule has 2 heterocycles. The van der Waals surface area contributed by atoms with Crippen molar-refractivity contribution in [2.24, 2.45) is 5.73 Å².